The van der Waals surface area contributed by atoms with Crippen molar-refractivity contribution >= 4 is 29.9 Å². The maximum absolute atomic E-state index is 11.1. The maximum atomic E-state index is 11.1. The molecule has 0 aromatic heterocycles. The van der Waals surface area contributed by atoms with Crippen LogP contribution in [0.25, 0.3) is 0 Å². The van der Waals surface area contributed by atoms with Crippen LogP contribution in [0.15, 0.2) is 12.2 Å². The first-order valence-electron chi connectivity index (χ1n) is 4.57. The van der Waals surface area contributed by atoms with Crippen molar-refractivity contribution in [2.45, 2.75) is 13.3 Å². The van der Waals surface area contributed by atoms with E-state index >= 15 is 0 Å². The highest BCUT2D eigenvalue weighted by Crippen LogP contribution is 1.92. The van der Waals surface area contributed by atoms with Crippen molar-refractivity contribution in [1.29, 1.82) is 0 Å². The summed E-state index contributed by atoms with van der Waals surface area (Å²) >= 11 is 0. The lowest BCUT2D eigenvalue weighted by Crippen LogP contribution is -2.37. The van der Waals surface area contributed by atoms with Crippen LogP contribution in [0.5, 0.6) is 0 Å². The van der Waals surface area contributed by atoms with Gasteiger partial charge in [0.1, 0.15) is 0 Å². The lowest BCUT2D eigenvalue weighted by molar-refractivity contribution is -0.870. The number of amides is 1. The van der Waals surface area contributed by atoms with E-state index in [1.807, 2.05) is 0 Å². The predicted octanol–water partition coefficient (Wildman–Crippen LogP) is 1.39. The Hall–Kier alpha value is -0.100. The zero-order valence-corrected chi connectivity index (χ0v) is 11.9. The minimum absolute atomic E-state index is 0. The Morgan fingerprint density at radius 3 is 2.21 bits per heavy atom. The molecule has 0 bridgehead atoms. The zero-order chi connectivity index (χ0) is 10.5. The Bertz CT molecular complexity index is 197. The van der Waals surface area contributed by atoms with Crippen LogP contribution in [0, 0.1) is 0 Å². The van der Waals surface area contributed by atoms with Gasteiger partial charge in [0, 0.05) is 18.5 Å². The Labute approximate surface area is 104 Å². The van der Waals surface area contributed by atoms with Crippen LogP contribution in [0.3, 0.4) is 0 Å². The van der Waals surface area contributed by atoms with Gasteiger partial charge in [0.2, 0.25) is 5.91 Å². The molecule has 0 aliphatic heterocycles. The second kappa shape index (κ2) is 7.23. The first-order chi connectivity index (χ1) is 5.83. The lowest BCUT2D eigenvalue weighted by Gasteiger charge is -2.23. The van der Waals surface area contributed by atoms with Gasteiger partial charge in [0.15, 0.2) is 0 Å². The molecule has 0 saturated heterocycles. The van der Waals surface area contributed by atoms with Crippen molar-refractivity contribution in [2.24, 2.45) is 0 Å². The van der Waals surface area contributed by atoms with Crippen molar-refractivity contribution in [3.8, 4) is 0 Å². The standard InChI is InChI=1S/C10H20N2O.HI/c1-9(2)10(13)11-7-6-8-12(3,4)5;/h1,6-8H2,2-5H3;1H/p+1. The quantitative estimate of drug-likeness (QED) is 0.353. The number of halogens is 1. The van der Waals surface area contributed by atoms with Gasteiger partial charge in [-0.25, -0.2) is 0 Å². The Kier molecular flexibility index (Phi) is 8.43. The Balaban J connectivity index is 0. The van der Waals surface area contributed by atoms with Crippen molar-refractivity contribution in [2.75, 3.05) is 34.2 Å². The molecule has 14 heavy (non-hydrogen) atoms. The highest BCUT2D eigenvalue weighted by atomic mass is 127. The largest absolute Gasteiger partial charge is 0.352 e. The fourth-order valence-electron chi connectivity index (χ4n) is 0.906. The van der Waals surface area contributed by atoms with Crippen molar-refractivity contribution < 1.29 is 9.28 Å². The van der Waals surface area contributed by atoms with Crippen molar-refractivity contribution in [3.05, 3.63) is 12.2 Å². The third kappa shape index (κ3) is 9.98. The summed E-state index contributed by atoms with van der Waals surface area (Å²) in [5, 5.41) is 2.81. The summed E-state index contributed by atoms with van der Waals surface area (Å²) in [6.07, 6.45) is 1.00. The molecule has 0 aromatic rings. The summed E-state index contributed by atoms with van der Waals surface area (Å²) in [4.78, 5) is 11.1. The molecule has 1 amide bonds. The van der Waals surface area contributed by atoms with Gasteiger partial charge in [-0.3, -0.25) is 4.79 Å². The molecule has 0 unspecified atom stereocenters. The van der Waals surface area contributed by atoms with Gasteiger partial charge in [-0.05, 0) is 6.92 Å². The van der Waals surface area contributed by atoms with E-state index in [9.17, 15) is 4.79 Å². The second-order valence-corrected chi connectivity index (χ2v) is 4.40. The topological polar surface area (TPSA) is 29.1 Å². The molecule has 0 aliphatic rings. The van der Waals surface area contributed by atoms with Gasteiger partial charge in [0.05, 0.1) is 27.7 Å². The van der Waals surface area contributed by atoms with Gasteiger partial charge in [-0.2, -0.15) is 0 Å². The molecule has 1 N–H and O–H groups in total. The summed E-state index contributed by atoms with van der Waals surface area (Å²) in [6.45, 7) is 7.09. The van der Waals surface area contributed by atoms with Crippen LogP contribution in [0.4, 0.5) is 0 Å². The molecule has 0 rings (SSSR count). The third-order valence-corrected chi connectivity index (χ3v) is 1.68. The molecule has 0 atom stereocenters. The number of hydrogen-bond donors (Lipinski definition) is 1. The summed E-state index contributed by atoms with van der Waals surface area (Å²) in [5.74, 6) is -0.0404. The van der Waals surface area contributed by atoms with Gasteiger partial charge in [-0.1, -0.05) is 6.58 Å². The van der Waals surface area contributed by atoms with E-state index in [1.54, 1.807) is 6.92 Å². The molecule has 84 valence electrons. The van der Waals surface area contributed by atoms with E-state index in [2.05, 4.69) is 33.0 Å². The molecule has 0 spiro atoms. The third-order valence-electron chi connectivity index (χ3n) is 1.68. The minimum atomic E-state index is -0.0404. The molecule has 4 heteroatoms. The average Bonchev–Trinajstić information content (AvgIpc) is 1.95. The number of rotatable bonds is 5. The molecule has 0 fully saturated rings. The first-order valence-corrected chi connectivity index (χ1v) is 4.57. The minimum Gasteiger partial charge on any atom is -0.352 e. The number of hydrogen-bond acceptors (Lipinski definition) is 1. The summed E-state index contributed by atoms with van der Waals surface area (Å²) in [5.41, 5.74) is 0.574. The molecular formula is C10H22IN2O+. The van der Waals surface area contributed by atoms with Crippen molar-refractivity contribution in [3.63, 3.8) is 0 Å². The van der Waals surface area contributed by atoms with Gasteiger partial charge >= 0.3 is 0 Å². The highest BCUT2D eigenvalue weighted by Gasteiger charge is 2.06. The SMILES string of the molecule is C=C(C)C(=O)NCCC[N+](C)(C)C.I. The van der Waals surface area contributed by atoms with E-state index in [1.165, 1.54) is 0 Å². The number of nitrogens with one attached hydrogen (secondary N) is 1. The molecule has 0 saturated carbocycles. The summed E-state index contributed by atoms with van der Waals surface area (Å²) in [7, 11) is 6.42. The van der Waals surface area contributed by atoms with Crippen LogP contribution in [0.1, 0.15) is 13.3 Å². The smallest absolute Gasteiger partial charge is 0.246 e. The Morgan fingerprint density at radius 1 is 1.36 bits per heavy atom. The molecule has 0 heterocycles. The van der Waals surface area contributed by atoms with Crippen LogP contribution in [0.2, 0.25) is 0 Å². The monoisotopic (exact) mass is 313 g/mol. The number of quaternary nitrogens is 1. The van der Waals surface area contributed by atoms with Crippen LogP contribution in [-0.4, -0.2) is 44.6 Å². The molecule has 3 nitrogen and oxygen atoms in total. The first kappa shape index (κ1) is 16.3. The number of nitrogens with zero attached hydrogens (tertiary/aromatic N) is 1. The van der Waals surface area contributed by atoms with E-state index in [0.717, 1.165) is 24.0 Å². The summed E-state index contributed by atoms with van der Waals surface area (Å²) < 4.78 is 0.933. The molecule has 0 radical (unpaired) electrons. The second-order valence-electron chi connectivity index (χ2n) is 4.40. The Morgan fingerprint density at radius 2 is 1.86 bits per heavy atom. The fourth-order valence-corrected chi connectivity index (χ4v) is 0.906. The summed E-state index contributed by atoms with van der Waals surface area (Å²) in [6, 6.07) is 0. The highest BCUT2D eigenvalue weighted by molar-refractivity contribution is 14.0. The van der Waals surface area contributed by atoms with E-state index in [-0.39, 0.29) is 29.9 Å². The number of carbonyl (C=O) groups excluding carboxylic acids is 1. The lowest BCUT2D eigenvalue weighted by atomic mass is 10.3. The average molecular weight is 313 g/mol. The van der Waals surface area contributed by atoms with Gasteiger partial charge < -0.3 is 9.80 Å². The van der Waals surface area contributed by atoms with Crippen LogP contribution >= 0.6 is 24.0 Å². The maximum Gasteiger partial charge on any atom is 0.246 e. The fraction of sp³-hybridized carbons (Fsp3) is 0.700. The normalized spacial score (nSPS) is 10.3. The van der Waals surface area contributed by atoms with Crippen LogP contribution < -0.4 is 5.32 Å². The number of carbonyl (C=O) groups is 1. The van der Waals surface area contributed by atoms with Gasteiger partial charge in [-0.15, -0.1) is 24.0 Å². The molecule has 0 aliphatic carbocycles. The van der Waals surface area contributed by atoms with E-state index in [0.29, 0.717) is 5.57 Å². The van der Waals surface area contributed by atoms with E-state index < -0.39 is 0 Å². The molecule has 0 aromatic carbocycles. The van der Waals surface area contributed by atoms with Crippen molar-refractivity contribution in [1.82, 2.24) is 5.32 Å². The predicted molar refractivity (Wildman–Crippen MR) is 70.8 cm³/mol. The molecular weight excluding hydrogens is 291 g/mol. The zero-order valence-electron chi connectivity index (χ0n) is 9.59. The van der Waals surface area contributed by atoms with Gasteiger partial charge in [0.25, 0.3) is 0 Å². The van der Waals surface area contributed by atoms with Crippen LogP contribution in [-0.2, 0) is 4.79 Å². The van der Waals surface area contributed by atoms with E-state index in [4.69, 9.17) is 0 Å².